The number of methoxy groups -OCH3 is 1. The molecular formula is C29H39NO4. The lowest BCUT2D eigenvalue weighted by atomic mass is 9.67. The van der Waals surface area contributed by atoms with Crippen LogP contribution in [-0.2, 0) is 26.1 Å². The molecule has 1 saturated heterocycles. The second-order valence-electron chi connectivity index (χ2n) is 10.8. The van der Waals surface area contributed by atoms with E-state index in [1.165, 1.54) is 7.11 Å². The number of nitrogens with zero attached hydrogens (tertiary/aromatic N) is 1. The summed E-state index contributed by atoms with van der Waals surface area (Å²) in [5.41, 5.74) is 2.33. The first-order chi connectivity index (χ1) is 16.0. The van der Waals surface area contributed by atoms with Gasteiger partial charge in [0.1, 0.15) is 5.60 Å². The fraction of sp³-hybridized carbons (Fsp3) is 0.517. The van der Waals surface area contributed by atoms with E-state index >= 15 is 0 Å². The molecule has 5 heteroatoms. The number of rotatable bonds is 7. The number of carbonyl (C=O) groups is 2. The zero-order chi connectivity index (χ0) is 24.9. The van der Waals surface area contributed by atoms with E-state index < -0.39 is 5.60 Å². The minimum atomic E-state index is -0.509. The van der Waals surface area contributed by atoms with Crippen LogP contribution in [0.25, 0.3) is 0 Å². The summed E-state index contributed by atoms with van der Waals surface area (Å²) in [6, 6.07) is 18.0. The Balaban J connectivity index is 1.74. The SMILES string of the molecule is COC(=O)c1cccc([C@]2(C)CCN(CC(Cc3ccccc3)C(=O)OC(C)(C)C)C[C@@H]2C)c1. The van der Waals surface area contributed by atoms with Crippen molar-refractivity contribution in [1.82, 2.24) is 4.90 Å². The molecule has 34 heavy (non-hydrogen) atoms. The summed E-state index contributed by atoms with van der Waals surface area (Å²) in [5, 5.41) is 0. The predicted octanol–water partition coefficient (Wildman–Crippen LogP) is 5.27. The minimum absolute atomic E-state index is 0.0542. The van der Waals surface area contributed by atoms with Crippen LogP contribution in [0.3, 0.4) is 0 Å². The first-order valence-electron chi connectivity index (χ1n) is 12.2. The Morgan fingerprint density at radius 3 is 2.44 bits per heavy atom. The molecule has 0 aliphatic carbocycles. The fourth-order valence-corrected chi connectivity index (χ4v) is 4.85. The highest BCUT2D eigenvalue weighted by molar-refractivity contribution is 5.89. The van der Waals surface area contributed by atoms with E-state index in [1.807, 2.05) is 51.1 Å². The molecule has 3 rings (SSSR count). The highest BCUT2D eigenvalue weighted by Gasteiger charge is 2.39. The van der Waals surface area contributed by atoms with Crippen molar-refractivity contribution in [3.63, 3.8) is 0 Å². The molecular weight excluding hydrogens is 426 g/mol. The van der Waals surface area contributed by atoms with E-state index in [0.29, 0.717) is 24.4 Å². The number of piperidine rings is 1. The van der Waals surface area contributed by atoms with Gasteiger partial charge in [0.15, 0.2) is 0 Å². The summed E-state index contributed by atoms with van der Waals surface area (Å²) in [6.45, 7) is 12.7. The molecule has 2 aromatic carbocycles. The van der Waals surface area contributed by atoms with Crippen molar-refractivity contribution < 1.29 is 19.1 Å². The third kappa shape index (κ3) is 6.47. The van der Waals surface area contributed by atoms with E-state index in [-0.39, 0.29) is 23.3 Å². The molecule has 0 spiro atoms. The second kappa shape index (κ2) is 10.7. The Bertz CT molecular complexity index is 981. The van der Waals surface area contributed by atoms with Gasteiger partial charge in [-0.05, 0) is 74.8 Å². The van der Waals surface area contributed by atoms with Gasteiger partial charge in [0.2, 0.25) is 0 Å². The van der Waals surface area contributed by atoms with Crippen LogP contribution in [0.1, 0.15) is 62.5 Å². The van der Waals surface area contributed by atoms with Crippen LogP contribution in [0, 0.1) is 11.8 Å². The Morgan fingerprint density at radius 2 is 1.82 bits per heavy atom. The van der Waals surface area contributed by atoms with Crippen molar-refractivity contribution in [1.29, 1.82) is 0 Å². The fourth-order valence-electron chi connectivity index (χ4n) is 4.85. The largest absolute Gasteiger partial charge is 0.465 e. The van der Waals surface area contributed by atoms with Crippen molar-refractivity contribution in [2.45, 2.75) is 58.5 Å². The first-order valence-corrected chi connectivity index (χ1v) is 12.2. The van der Waals surface area contributed by atoms with Gasteiger partial charge in [-0.3, -0.25) is 4.79 Å². The summed E-state index contributed by atoms with van der Waals surface area (Å²) >= 11 is 0. The molecule has 0 amide bonds. The van der Waals surface area contributed by atoms with Crippen LogP contribution in [0.15, 0.2) is 54.6 Å². The van der Waals surface area contributed by atoms with Gasteiger partial charge < -0.3 is 14.4 Å². The van der Waals surface area contributed by atoms with Gasteiger partial charge in [0.05, 0.1) is 18.6 Å². The van der Waals surface area contributed by atoms with Crippen molar-refractivity contribution in [3.8, 4) is 0 Å². The zero-order valence-corrected chi connectivity index (χ0v) is 21.5. The molecule has 0 aromatic heterocycles. The maximum absolute atomic E-state index is 13.1. The van der Waals surface area contributed by atoms with Crippen LogP contribution in [0.4, 0.5) is 0 Å². The summed E-state index contributed by atoms with van der Waals surface area (Å²) in [7, 11) is 1.41. The highest BCUT2D eigenvalue weighted by atomic mass is 16.6. The summed E-state index contributed by atoms with van der Waals surface area (Å²) in [5.74, 6) is -0.314. The second-order valence-corrected chi connectivity index (χ2v) is 10.8. The number of hydrogen-bond acceptors (Lipinski definition) is 5. The smallest absolute Gasteiger partial charge is 0.337 e. The zero-order valence-electron chi connectivity index (χ0n) is 21.5. The van der Waals surface area contributed by atoms with Gasteiger partial charge in [-0.1, -0.05) is 56.3 Å². The number of hydrogen-bond donors (Lipinski definition) is 0. The van der Waals surface area contributed by atoms with Gasteiger partial charge in [-0.2, -0.15) is 0 Å². The number of ether oxygens (including phenoxy) is 2. The van der Waals surface area contributed by atoms with Crippen LogP contribution < -0.4 is 0 Å². The van der Waals surface area contributed by atoms with Crippen LogP contribution in [-0.4, -0.2) is 49.2 Å². The normalized spacial score (nSPS) is 22.1. The number of benzene rings is 2. The van der Waals surface area contributed by atoms with Crippen LogP contribution in [0.5, 0.6) is 0 Å². The van der Waals surface area contributed by atoms with Gasteiger partial charge in [0.25, 0.3) is 0 Å². The number of esters is 2. The predicted molar refractivity (Wildman–Crippen MR) is 135 cm³/mol. The third-order valence-electron chi connectivity index (χ3n) is 7.05. The maximum Gasteiger partial charge on any atom is 0.337 e. The van der Waals surface area contributed by atoms with Gasteiger partial charge in [0, 0.05) is 13.1 Å². The molecule has 1 aliphatic heterocycles. The van der Waals surface area contributed by atoms with Crippen molar-refractivity contribution >= 4 is 11.9 Å². The standard InChI is InChI=1S/C29H39NO4/c1-21-19-30(16-15-29(21,5)25-14-10-13-23(18-25)26(31)33-6)20-24(27(32)34-28(2,3)4)17-22-11-8-7-9-12-22/h7-14,18,21,24H,15-17,19-20H2,1-6H3/t21-,24?,29+/m0/s1. The number of likely N-dealkylation sites (tertiary alicyclic amines) is 1. The van der Waals surface area contributed by atoms with E-state index in [2.05, 4.69) is 36.9 Å². The summed E-state index contributed by atoms with van der Waals surface area (Å²) < 4.78 is 10.7. The highest BCUT2D eigenvalue weighted by Crippen LogP contribution is 2.40. The van der Waals surface area contributed by atoms with Crippen molar-refractivity contribution in [2.75, 3.05) is 26.7 Å². The maximum atomic E-state index is 13.1. The van der Waals surface area contributed by atoms with Crippen LogP contribution >= 0.6 is 0 Å². The lowest BCUT2D eigenvalue weighted by Gasteiger charge is -2.46. The van der Waals surface area contributed by atoms with Gasteiger partial charge >= 0.3 is 11.9 Å². The average Bonchev–Trinajstić information content (AvgIpc) is 2.80. The summed E-state index contributed by atoms with van der Waals surface area (Å²) in [6.07, 6.45) is 1.62. The van der Waals surface area contributed by atoms with E-state index in [0.717, 1.165) is 30.6 Å². The molecule has 0 saturated carbocycles. The molecule has 0 N–H and O–H groups in total. The van der Waals surface area contributed by atoms with E-state index in [1.54, 1.807) is 6.07 Å². The average molecular weight is 466 g/mol. The van der Waals surface area contributed by atoms with Gasteiger partial charge in [-0.15, -0.1) is 0 Å². The Labute approximate surface area is 204 Å². The lowest BCUT2D eigenvalue weighted by molar-refractivity contribution is -0.160. The molecule has 5 nitrogen and oxygen atoms in total. The molecule has 1 aliphatic rings. The molecule has 2 aromatic rings. The molecule has 0 bridgehead atoms. The molecule has 1 unspecified atom stereocenters. The van der Waals surface area contributed by atoms with Crippen molar-refractivity contribution in [2.24, 2.45) is 11.8 Å². The molecule has 0 radical (unpaired) electrons. The Hall–Kier alpha value is -2.66. The van der Waals surface area contributed by atoms with E-state index in [4.69, 9.17) is 9.47 Å². The molecule has 1 fully saturated rings. The third-order valence-corrected chi connectivity index (χ3v) is 7.05. The summed E-state index contributed by atoms with van der Waals surface area (Å²) in [4.78, 5) is 27.5. The number of carbonyl (C=O) groups excluding carboxylic acids is 2. The quantitative estimate of drug-likeness (QED) is 0.521. The molecule has 3 atom stereocenters. The monoisotopic (exact) mass is 465 g/mol. The Morgan fingerprint density at radius 1 is 1.12 bits per heavy atom. The van der Waals surface area contributed by atoms with Gasteiger partial charge in [-0.25, -0.2) is 4.79 Å². The molecule has 1 heterocycles. The first kappa shape index (κ1) is 26.0. The topological polar surface area (TPSA) is 55.8 Å². The Kier molecular flexibility index (Phi) is 8.19. The minimum Gasteiger partial charge on any atom is -0.465 e. The van der Waals surface area contributed by atoms with Crippen LogP contribution in [0.2, 0.25) is 0 Å². The van der Waals surface area contributed by atoms with Crippen molar-refractivity contribution in [3.05, 3.63) is 71.3 Å². The molecule has 184 valence electrons. The lowest BCUT2D eigenvalue weighted by Crippen LogP contribution is -2.49. The van der Waals surface area contributed by atoms with E-state index in [9.17, 15) is 9.59 Å².